The molecular formula is C21H28F3N3O4. The minimum Gasteiger partial charge on any atom is -0.489 e. The molecule has 0 aromatic carbocycles. The smallest absolute Gasteiger partial charge is 0.391 e. The Balaban J connectivity index is 1.57. The number of carbonyl (C=O) groups excluding carboxylic acids is 2. The first kappa shape index (κ1) is 23.3. The van der Waals surface area contributed by atoms with Crippen LogP contribution in [0.4, 0.5) is 13.2 Å². The molecular weight excluding hydrogens is 415 g/mol. The van der Waals surface area contributed by atoms with Crippen LogP contribution in [-0.2, 0) is 4.79 Å². The van der Waals surface area contributed by atoms with Crippen LogP contribution >= 0.6 is 0 Å². The van der Waals surface area contributed by atoms with Gasteiger partial charge >= 0.3 is 6.18 Å². The summed E-state index contributed by atoms with van der Waals surface area (Å²) in [5.41, 5.74) is 0.0947. The first-order valence-corrected chi connectivity index (χ1v) is 10.6. The summed E-state index contributed by atoms with van der Waals surface area (Å²) < 4.78 is 44.5. The van der Waals surface area contributed by atoms with Crippen LogP contribution in [-0.4, -0.2) is 65.3 Å². The number of aliphatic hydroxyl groups is 1. The lowest BCUT2D eigenvalue weighted by molar-refractivity contribution is -0.185. The highest BCUT2D eigenvalue weighted by Crippen LogP contribution is 2.40. The molecule has 7 nitrogen and oxygen atoms in total. The van der Waals surface area contributed by atoms with Crippen LogP contribution in [0.25, 0.3) is 0 Å². The maximum atomic E-state index is 13.0. The van der Waals surface area contributed by atoms with E-state index in [0.717, 1.165) is 12.8 Å². The molecule has 0 spiro atoms. The fourth-order valence-corrected chi connectivity index (χ4v) is 4.32. The predicted molar refractivity (Wildman–Crippen MR) is 105 cm³/mol. The molecule has 2 N–H and O–H groups in total. The normalized spacial score (nSPS) is 24.1. The molecule has 2 heterocycles. The number of carbonyl (C=O) groups is 2. The van der Waals surface area contributed by atoms with E-state index in [2.05, 4.69) is 10.3 Å². The highest BCUT2D eigenvalue weighted by atomic mass is 19.4. The molecule has 0 radical (unpaired) electrons. The minimum absolute atomic E-state index is 0.00307. The molecule has 1 aromatic rings. The maximum absolute atomic E-state index is 13.0. The SMILES string of the molecule is O=C(NCCO)c1ncccc1OC[C@H]1CCCN1C(=O)C1CCC(C(F)(F)F)CC1. The summed E-state index contributed by atoms with van der Waals surface area (Å²) in [7, 11) is 0. The number of likely N-dealkylation sites (tertiary alicyclic amines) is 1. The highest BCUT2D eigenvalue weighted by molar-refractivity contribution is 5.94. The van der Waals surface area contributed by atoms with Crippen molar-refractivity contribution in [1.82, 2.24) is 15.2 Å². The number of alkyl halides is 3. The summed E-state index contributed by atoms with van der Waals surface area (Å²) in [6.45, 7) is 0.633. The van der Waals surface area contributed by atoms with Crippen molar-refractivity contribution in [3.8, 4) is 5.75 Å². The summed E-state index contributed by atoms with van der Waals surface area (Å²) in [5.74, 6) is -1.97. The zero-order chi connectivity index (χ0) is 22.4. The number of aromatic nitrogens is 1. The maximum Gasteiger partial charge on any atom is 0.391 e. The monoisotopic (exact) mass is 443 g/mol. The van der Waals surface area contributed by atoms with E-state index >= 15 is 0 Å². The van der Waals surface area contributed by atoms with Crippen LogP contribution in [0.2, 0.25) is 0 Å². The van der Waals surface area contributed by atoms with Gasteiger partial charge in [0, 0.05) is 25.2 Å². The second kappa shape index (κ2) is 10.3. The number of nitrogens with one attached hydrogen (secondary N) is 1. The van der Waals surface area contributed by atoms with E-state index in [0.29, 0.717) is 6.54 Å². The van der Waals surface area contributed by atoms with E-state index in [1.807, 2.05) is 0 Å². The van der Waals surface area contributed by atoms with Gasteiger partial charge in [-0.2, -0.15) is 13.2 Å². The van der Waals surface area contributed by atoms with E-state index in [1.54, 1.807) is 17.0 Å². The highest BCUT2D eigenvalue weighted by Gasteiger charge is 2.44. The summed E-state index contributed by atoms with van der Waals surface area (Å²) in [4.78, 5) is 30.9. The molecule has 2 fully saturated rings. The van der Waals surface area contributed by atoms with Gasteiger partial charge < -0.3 is 20.1 Å². The second-order valence-corrected chi connectivity index (χ2v) is 8.06. The Labute approximate surface area is 179 Å². The van der Waals surface area contributed by atoms with Gasteiger partial charge in [-0.05, 0) is 50.7 Å². The molecule has 2 amide bonds. The number of pyridine rings is 1. The topological polar surface area (TPSA) is 91.8 Å². The van der Waals surface area contributed by atoms with Crippen molar-refractivity contribution < 1.29 is 32.6 Å². The van der Waals surface area contributed by atoms with Crippen LogP contribution in [0.5, 0.6) is 5.75 Å². The minimum atomic E-state index is -4.19. The average molecular weight is 443 g/mol. The van der Waals surface area contributed by atoms with Gasteiger partial charge in [0.15, 0.2) is 11.4 Å². The number of hydrogen-bond donors (Lipinski definition) is 2. The van der Waals surface area contributed by atoms with Crippen molar-refractivity contribution in [3.63, 3.8) is 0 Å². The Bertz CT molecular complexity index is 766. The molecule has 0 bridgehead atoms. The van der Waals surface area contributed by atoms with E-state index < -0.39 is 18.0 Å². The van der Waals surface area contributed by atoms with E-state index in [1.165, 1.54) is 6.20 Å². The van der Waals surface area contributed by atoms with E-state index in [4.69, 9.17) is 9.84 Å². The summed E-state index contributed by atoms with van der Waals surface area (Å²) in [5, 5.41) is 11.4. The Morgan fingerprint density at radius 2 is 1.97 bits per heavy atom. The number of ether oxygens (including phenoxy) is 1. The van der Waals surface area contributed by atoms with Gasteiger partial charge in [-0.3, -0.25) is 9.59 Å². The average Bonchev–Trinajstić information content (AvgIpc) is 3.24. The Morgan fingerprint density at radius 3 is 2.65 bits per heavy atom. The number of rotatable bonds is 7. The zero-order valence-electron chi connectivity index (χ0n) is 17.2. The van der Waals surface area contributed by atoms with Gasteiger partial charge in [0.1, 0.15) is 6.61 Å². The molecule has 3 rings (SSSR count). The molecule has 1 aliphatic carbocycles. The first-order valence-electron chi connectivity index (χ1n) is 10.6. The van der Waals surface area contributed by atoms with Gasteiger partial charge in [-0.25, -0.2) is 4.98 Å². The zero-order valence-corrected chi connectivity index (χ0v) is 17.2. The van der Waals surface area contributed by atoms with Crippen LogP contribution < -0.4 is 10.1 Å². The molecule has 0 unspecified atom stereocenters. The van der Waals surface area contributed by atoms with Crippen molar-refractivity contribution in [2.75, 3.05) is 26.3 Å². The lowest BCUT2D eigenvalue weighted by Crippen LogP contribution is -2.44. The number of halogens is 3. The largest absolute Gasteiger partial charge is 0.489 e. The third-order valence-electron chi connectivity index (χ3n) is 6.01. The third-order valence-corrected chi connectivity index (χ3v) is 6.01. The predicted octanol–water partition coefficient (Wildman–Crippen LogP) is 2.54. The quantitative estimate of drug-likeness (QED) is 0.676. The van der Waals surface area contributed by atoms with Crippen LogP contribution in [0.3, 0.4) is 0 Å². The second-order valence-electron chi connectivity index (χ2n) is 8.06. The lowest BCUT2D eigenvalue weighted by Gasteiger charge is -2.33. The van der Waals surface area contributed by atoms with Crippen molar-refractivity contribution in [1.29, 1.82) is 0 Å². The van der Waals surface area contributed by atoms with Crippen molar-refractivity contribution in [2.45, 2.75) is 50.7 Å². The number of amides is 2. The van der Waals surface area contributed by atoms with Crippen molar-refractivity contribution in [3.05, 3.63) is 24.0 Å². The fourth-order valence-electron chi connectivity index (χ4n) is 4.32. The molecule has 10 heteroatoms. The van der Waals surface area contributed by atoms with Gasteiger partial charge in [0.25, 0.3) is 5.91 Å². The fraction of sp³-hybridized carbons (Fsp3) is 0.667. The number of nitrogens with zero attached hydrogens (tertiary/aromatic N) is 2. The molecule has 1 saturated carbocycles. The van der Waals surface area contributed by atoms with Crippen molar-refractivity contribution >= 4 is 11.8 Å². The first-order chi connectivity index (χ1) is 14.8. The molecule has 172 valence electrons. The summed E-state index contributed by atoms with van der Waals surface area (Å²) in [6.07, 6.45) is -0.694. The Morgan fingerprint density at radius 1 is 1.23 bits per heavy atom. The Hall–Kier alpha value is -2.36. The van der Waals surface area contributed by atoms with Gasteiger partial charge in [-0.1, -0.05) is 0 Å². The summed E-state index contributed by atoms with van der Waals surface area (Å²) >= 11 is 0. The molecule has 2 aliphatic rings. The van der Waals surface area contributed by atoms with Gasteiger partial charge in [0.2, 0.25) is 5.91 Å². The standard InChI is InChI=1S/C21H28F3N3O4/c22-21(23,24)15-7-5-14(6-8-15)20(30)27-11-2-3-16(27)13-31-17-4-1-9-25-18(17)19(29)26-10-12-28/h1,4,9,14-16,28H,2-3,5-8,10-13H2,(H,26,29)/t14?,15?,16-/m1/s1. The number of hydrogen-bond acceptors (Lipinski definition) is 5. The van der Waals surface area contributed by atoms with Gasteiger partial charge in [-0.15, -0.1) is 0 Å². The molecule has 1 saturated heterocycles. The molecule has 1 aromatic heterocycles. The molecule has 31 heavy (non-hydrogen) atoms. The summed E-state index contributed by atoms with van der Waals surface area (Å²) in [6, 6.07) is 3.05. The molecule has 1 aliphatic heterocycles. The number of aliphatic hydroxyl groups excluding tert-OH is 1. The van der Waals surface area contributed by atoms with Gasteiger partial charge in [0.05, 0.1) is 18.6 Å². The third kappa shape index (κ3) is 5.87. The van der Waals surface area contributed by atoms with E-state index in [9.17, 15) is 22.8 Å². The van der Waals surface area contributed by atoms with Crippen LogP contribution in [0, 0.1) is 11.8 Å². The molecule has 1 atom stereocenters. The Kier molecular flexibility index (Phi) is 7.74. The van der Waals surface area contributed by atoms with Crippen LogP contribution in [0.15, 0.2) is 18.3 Å². The van der Waals surface area contributed by atoms with Crippen molar-refractivity contribution in [2.24, 2.45) is 11.8 Å². The van der Waals surface area contributed by atoms with Crippen LogP contribution in [0.1, 0.15) is 49.0 Å². The lowest BCUT2D eigenvalue weighted by atomic mass is 9.81. The van der Waals surface area contributed by atoms with E-state index in [-0.39, 0.29) is 74.8 Å².